The van der Waals surface area contributed by atoms with Gasteiger partial charge in [-0.15, -0.1) is 0 Å². The first-order chi connectivity index (χ1) is 5.75. The first-order valence-corrected chi connectivity index (χ1v) is 4.65. The van der Waals surface area contributed by atoms with E-state index in [4.69, 9.17) is 5.11 Å². The number of hydrogen-bond acceptors (Lipinski definition) is 2. The molecular formula is C9H11BrO2. The number of alkyl halides is 1. The largest absolute Gasteiger partial charge is 0.395 e. The third kappa shape index (κ3) is 2.30. The number of aliphatic hydroxyl groups is 2. The number of hydrogen-bond donors (Lipinski definition) is 2. The van der Waals surface area contributed by atoms with E-state index in [2.05, 4.69) is 15.9 Å². The van der Waals surface area contributed by atoms with Crippen LogP contribution in [0.15, 0.2) is 30.3 Å². The fraction of sp³-hybridized carbons (Fsp3) is 0.333. The molecule has 0 amide bonds. The van der Waals surface area contributed by atoms with Crippen LogP contribution in [0.2, 0.25) is 0 Å². The minimum absolute atomic E-state index is 0.0734. The van der Waals surface area contributed by atoms with Gasteiger partial charge in [-0.25, -0.2) is 0 Å². The molecule has 2 N–H and O–H groups in total. The Morgan fingerprint density at radius 3 is 2.33 bits per heavy atom. The van der Waals surface area contributed by atoms with Gasteiger partial charge in [0.25, 0.3) is 0 Å². The van der Waals surface area contributed by atoms with Crippen molar-refractivity contribution in [2.24, 2.45) is 0 Å². The van der Waals surface area contributed by atoms with E-state index in [-0.39, 0.29) is 11.4 Å². The molecule has 0 saturated carbocycles. The van der Waals surface area contributed by atoms with Crippen LogP contribution in [0.3, 0.4) is 0 Å². The molecule has 0 unspecified atom stereocenters. The molecule has 0 radical (unpaired) electrons. The zero-order valence-corrected chi connectivity index (χ0v) is 8.11. The van der Waals surface area contributed by atoms with Crippen LogP contribution in [-0.2, 0) is 0 Å². The molecule has 0 aliphatic carbocycles. The predicted octanol–water partition coefficient (Wildman–Crippen LogP) is 1.48. The summed E-state index contributed by atoms with van der Waals surface area (Å²) in [5.74, 6) is 0. The van der Waals surface area contributed by atoms with E-state index in [0.29, 0.717) is 0 Å². The Labute approximate surface area is 80.0 Å². The summed E-state index contributed by atoms with van der Waals surface area (Å²) in [6.07, 6.45) is -0.642. The van der Waals surface area contributed by atoms with Crippen LogP contribution in [-0.4, -0.2) is 21.6 Å². The molecule has 1 rings (SSSR count). The van der Waals surface area contributed by atoms with Gasteiger partial charge in [0.2, 0.25) is 0 Å². The molecule has 1 aromatic carbocycles. The molecule has 0 fully saturated rings. The normalized spacial score (nSPS) is 15.6. The molecule has 3 heteroatoms. The molecule has 0 bridgehead atoms. The van der Waals surface area contributed by atoms with Crippen molar-refractivity contribution in [3.05, 3.63) is 35.9 Å². The van der Waals surface area contributed by atoms with E-state index in [0.717, 1.165) is 5.56 Å². The summed E-state index contributed by atoms with van der Waals surface area (Å²) >= 11 is 3.18. The molecule has 0 spiro atoms. The van der Waals surface area contributed by atoms with Crippen LogP contribution in [0, 0.1) is 0 Å². The second kappa shape index (κ2) is 4.60. The first kappa shape index (κ1) is 9.71. The Morgan fingerprint density at radius 1 is 1.25 bits per heavy atom. The fourth-order valence-corrected chi connectivity index (χ4v) is 1.26. The zero-order valence-electron chi connectivity index (χ0n) is 6.52. The molecule has 66 valence electrons. The van der Waals surface area contributed by atoms with Crippen molar-refractivity contribution in [2.75, 3.05) is 6.61 Å². The summed E-state index contributed by atoms with van der Waals surface area (Å²) in [7, 11) is 0. The summed E-state index contributed by atoms with van der Waals surface area (Å²) in [6, 6.07) is 9.26. The minimum atomic E-state index is -0.642. The van der Waals surface area contributed by atoms with E-state index in [1.165, 1.54) is 0 Å². The molecule has 0 saturated heterocycles. The van der Waals surface area contributed by atoms with Gasteiger partial charge in [0.15, 0.2) is 0 Å². The maximum atomic E-state index is 9.58. The van der Waals surface area contributed by atoms with Crippen LogP contribution >= 0.6 is 15.9 Å². The molecule has 1 aromatic rings. The molecule has 0 aromatic heterocycles. The lowest BCUT2D eigenvalue weighted by atomic mass is 10.1. The monoisotopic (exact) mass is 230 g/mol. The van der Waals surface area contributed by atoms with Crippen LogP contribution in [0.25, 0.3) is 0 Å². The highest BCUT2D eigenvalue weighted by molar-refractivity contribution is 9.09. The summed E-state index contributed by atoms with van der Waals surface area (Å²) in [4.78, 5) is -0.292. The number of halogens is 1. The van der Waals surface area contributed by atoms with Gasteiger partial charge in [0.1, 0.15) is 0 Å². The number of benzene rings is 1. The average Bonchev–Trinajstić information content (AvgIpc) is 2.17. The SMILES string of the molecule is OC[C@@H](Br)[C@@H](O)c1ccccc1. The van der Waals surface area contributed by atoms with Crippen LogP contribution in [0.4, 0.5) is 0 Å². The lowest BCUT2D eigenvalue weighted by Crippen LogP contribution is -2.15. The van der Waals surface area contributed by atoms with Gasteiger partial charge < -0.3 is 10.2 Å². The van der Waals surface area contributed by atoms with Gasteiger partial charge in [-0.05, 0) is 5.56 Å². The first-order valence-electron chi connectivity index (χ1n) is 3.73. The van der Waals surface area contributed by atoms with Gasteiger partial charge in [-0.3, -0.25) is 0 Å². The van der Waals surface area contributed by atoms with Gasteiger partial charge in [-0.1, -0.05) is 46.3 Å². The molecule has 12 heavy (non-hydrogen) atoms. The topological polar surface area (TPSA) is 40.5 Å². The highest BCUT2D eigenvalue weighted by Crippen LogP contribution is 2.21. The summed E-state index contributed by atoms with van der Waals surface area (Å²) in [5.41, 5.74) is 0.813. The van der Waals surface area contributed by atoms with Crippen LogP contribution in [0.1, 0.15) is 11.7 Å². The van der Waals surface area contributed by atoms with Crippen molar-refractivity contribution in [1.29, 1.82) is 0 Å². The van der Waals surface area contributed by atoms with Crippen molar-refractivity contribution in [3.8, 4) is 0 Å². The molecule has 2 nitrogen and oxygen atoms in total. The van der Waals surface area contributed by atoms with Crippen molar-refractivity contribution >= 4 is 15.9 Å². The Balaban J connectivity index is 2.71. The molecule has 2 atom stereocenters. The summed E-state index contributed by atoms with van der Waals surface area (Å²) in [6.45, 7) is -0.0734. The van der Waals surface area contributed by atoms with Gasteiger partial charge in [0, 0.05) is 0 Å². The van der Waals surface area contributed by atoms with Gasteiger partial charge in [0.05, 0.1) is 17.5 Å². The second-order valence-electron chi connectivity index (χ2n) is 2.55. The van der Waals surface area contributed by atoms with Crippen molar-refractivity contribution < 1.29 is 10.2 Å². The number of aliphatic hydroxyl groups excluding tert-OH is 2. The lowest BCUT2D eigenvalue weighted by molar-refractivity contribution is 0.144. The van der Waals surface area contributed by atoms with E-state index in [9.17, 15) is 5.11 Å². The molecular weight excluding hydrogens is 220 g/mol. The smallest absolute Gasteiger partial charge is 0.0937 e. The summed E-state index contributed by atoms with van der Waals surface area (Å²) in [5, 5.41) is 18.3. The number of rotatable bonds is 3. The third-order valence-corrected chi connectivity index (χ3v) is 2.45. The summed E-state index contributed by atoms with van der Waals surface area (Å²) < 4.78 is 0. The highest BCUT2D eigenvalue weighted by Gasteiger charge is 2.15. The van der Waals surface area contributed by atoms with E-state index in [1.54, 1.807) is 0 Å². The maximum Gasteiger partial charge on any atom is 0.0937 e. The fourth-order valence-electron chi connectivity index (χ4n) is 0.959. The Bertz CT molecular complexity index is 225. The average molecular weight is 231 g/mol. The Kier molecular flexibility index (Phi) is 3.72. The maximum absolute atomic E-state index is 9.58. The van der Waals surface area contributed by atoms with Gasteiger partial charge in [-0.2, -0.15) is 0 Å². The van der Waals surface area contributed by atoms with E-state index >= 15 is 0 Å². The predicted molar refractivity (Wildman–Crippen MR) is 51.2 cm³/mol. The standard InChI is InChI=1S/C9H11BrO2/c10-8(6-11)9(12)7-4-2-1-3-5-7/h1-5,8-9,11-12H,6H2/t8-,9+/m1/s1. The molecule has 0 aliphatic rings. The van der Waals surface area contributed by atoms with Crippen molar-refractivity contribution in [3.63, 3.8) is 0 Å². The zero-order chi connectivity index (χ0) is 8.97. The molecule has 0 heterocycles. The quantitative estimate of drug-likeness (QED) is 0.773. The minimum Gasteiger partial charge on any atom is -0.395 e. The van der Waals surface area contributed by atoms with Crippen molar-refractivity contribution in [1.82, 2.24) is 0 Å². The Hall–Kier alpha value is -0.380. The van der Waals surface area contributed by atoms with E-state index < -0.39 is 6.10 Å². The van der Waals surface area contributed by atoms with E-state index in [1.807, 2.05) is 30.3 Å². The van der Waals surface area contributed by atoms with Crippen LogP contribution < -0.4 is 0 Å². The third-order valence-electron chi connectivity index (χ3n) is 1.66. The van der Waals surface area contributed by atoms with Gasteiger partial charge >= 0.3 is 0 Å². The Morgan fingerprint density at radius 2 is 1.83 bits per heavy atom. The molecule has 0 aliphatic heterocycles. The highest BCUT2D eigenvalue weighted by atomic mass is 79.9. The lowest BCUT2D eigenvalue weighted by Gasteiger charge is -2.14. The van der Waals surface area contributed by atoms with Crippen molar-refractivity contribution in [2.45, 2.75) is 10.9 Å². The second-order valence-corrected chi connectivity index (χ2v) is 3.73. The van der Waals surface area contributed by atoms with Crippen LogP contribution in [0.5, 0.6) is 0 Å².